The number of rotatable bonds is 4. The van der Waals surface area contributed by atoms with Crippen LogP contribution in [-0.4, -0.2) is 17.9 Å². The summed E-state index contributed by atoms with van der Waals surface area (Å²) in [6.07, 6.45) is 1.67. The van der Waals surface area contributed by atoms with E-state index in [1.165, 1.54) is 6.07 Å². The molecule has 0 atom stereocenters. The normalized spacial score (nSPS) is 10.8. The number of methoxy groups -OCH3 is 1. The van der Waals surface area contributed by atoms with Crippen LogP contribution in [0.3, 0.4) is 0 Å². The van der Waals surface area contributed by atoms with Gasteiger partial charge in [-0.2, -0.15) is 0 Å². The smallest absolute Gasteiger partial charge is 0.169 e. The molecule has 3 nitrogen and oxygen atoms in total. The van der Waals surface area contributed by atoms with Crippen molar-refractivity contribution in [3.63, 3.8) is 0 Å². The molecule has 0 aliphatic heterocycles. The van der Waals surface area contributed by atoms with Gasteiger partial charge in [-0.1, -0.05) is 24.3 Å². The van der Waals surface area contributed by atoms with Gasteiger partial charge < -0.3 is 9.72 Å². The van der Waals surface area contributed by atoms with Crippen LogP contribution < -0.4 is 4.74 Å². The molecule has 4 heteroatoms. The van der Waals surface area contributed by atoms with Crippen molar-refractivity contribution in [3.8, 4) is 5.75 Å². The molecule has 0 bridgehead atoms. The second kappa shape index (κ2) is 5.40. The summed E-state index contributed by atoms with van der Waals surface area (Å²) < 4.78 is 19.0. The van der Waals surface area contributed by atoms with Gasteiger partial charge >= 0.3 is 0 Å². The molecule has 2 aromatic carbocycles. The van der Waals surface area contributed by atoms with Crippen molar-refractivity contribution < 1.29 is 13.9 Å². The maximum absolute atomic E-state index is 13.7. The summed E-state index contributed by atoms with van der Waals surface area (Å²) in [4.78, 5) is 15.5. The Bertz CT molecular complexity index is 807. The molecular weight excluding hydrogens is 269 g/mol. The van der Waals surface area contributed by atoms with E-state index in [-0.39, 0.29) is 18.0 Å². The number of fused-ring (bicyclic) bond motifs is 1. The zero-order valence-electron chi connectivity index (χ0n) is 11.5. The molecule has 0 saturated carbocycles. The molecular formula is C17H14FNO2. The Hall–Kier alpha value is -2.62. The maximum atomic E-state index is 13.7. The summed E-state index contributed by atoms with van der Waals surface area (Å²) in [5, 5.41) is 0.737. The number of carbonyl (C=O) groups is 1. The molecule has 1 N–H and O–H groups in total. The Morgan fingerprint density at radius 3 is 2.76 bits per heavy atom. The summed E-state index contributed by atoms with van der Waals surface area (Å²) in [6.45, 7) is 0. The van der Waals surface area contributed by atoms with Crippen LogP contribution in [0.1, 0.15) is 15.9 Å². The topological polar surface area (TPSA) is 42.1 Å². The number of benzene rings is 2. The van der Waals surface area contributed by atoms with Gasteiger partial charge in [0, 0.05) is 23.7 Å². The lowest BCUT2D eigenvalue weighted by molar-refractivity contribution is 0.0993. The number of hydrogen-bond donors (Lipinski definition) is 1. The van der Waals surface area contributed by atoms with Crippen molar-refractivity contribution in [2.45, 2.75) is 6.42 Å². The largest absolute Gasteiger partial charge is 0.496 e. The van der Waals surface area contributed by atoms with E-state index in [0.717, 1.165) is 10.9 Å². The zero-order chi connectivity index (χ0) is 14.8. The first-order valence-corrected chi connectivity index (χ1v) is 6.61. The highest BCUT2D eigenvalue weighted by Crippen LogP contribution is 2.29. The molecule has 0 saturated heterocycles. The molecule has 3 rings (SSSR count). The second-order valence-electron chi connectivity index (χ2n) is 4.78. The zero-order valence-corrected chi connectivity index (χ0v) is 11.5. The van der Waals surface area contributed by atoms with E-state index in [2.05, 4.69) is 4.98 Å². The van der Waals surface area contributed by atoms with E-state index >= 15 is 0 Å². The number of ketones is 1. The lowest BCUT2D eigenvalue weighted by Crippen LogP contribution is -2.05. The molecule has 1 heterocycles. The predicted octanol–water partition coefficient (Wildman–Crippen LogP) is 3.74. The Kier molecular flexibility index (Phi) is 3.44. The molecule has 0 amide bonds. The van der Waals surface area contributed by atoms with Gasteiger partial charge in [0.15, 0.2) is 5.78 Å². The Morgan fingerprint density at radius 1 is 1.19 bits per heavy atom. The van der Waals surface area contributed by atoms with E-state index in [4.69, 9.17) is 4.74 Å². The van der Waals surface area contributed by atoms with Crippen LogP contribution >= 0.6 is 0 Å². The molecule has 0 unspecified atom stereocenters. The van der Waals surface area contributed by atoms with Gasteiger partial charge in [-0.15, -0.1) is 0 Å². The summed E-state index contributed by atoms with van der Waals surface area (Å²) in [5.41, 5.74) is 1.74. The number of halogens is 1. The highest BCUT2D eigenvalue weighted by molar-refractivity contribution is 6.10. The van der Waals surface area contributed by atoms with Crippen molar-refractivity contribution in [2.24, 2.45) is 0 Å². The number of Topliss-reactive ketones (excluding diaryl/α,β-unsaturated/α-hetero) is 1. The van der Waals surface area contributed by atoms with Gasteiger partial charge in [-0.3, -0.25) is 4.79 Å². The minimum absolute atomic E-state index is 0.0255. The van der Waals surface area contributed by atoms with Gasteiger partial charge in [0.05, 0.1) is 12.5 Å². The molecule has 0 spiro atoms. The standard InChI is InChI=1S/C17H14FNO2/c1-21-16-8-4-7-14-17(16)12(10-19-14)15(20)9-11-5-2-3-6-13(11)18/h2-8,10,19H,9H2,1H3. The number of hydrogen-bond acceptors (Lipinski definition) is 2. The van der Waals surface area contributed by atoms with E-state index < -0.39 is 0 Å². The summed E-state index contributed by atoms with van der Waals surface area (Å²) in [6, 6.07) is 11.8. The summed E-state index contributed by atoms with van der Waals surface area (Å²) in [5.74, 6) is 0.124. The van der Waals surface area contributed by atoms with Gasteiger partial charge in [-0.25, -0.2) is 4.39 Å². The highest BCUT2D eigenvalue weighted by atomic mass is 19.1. The molecule has 21 heavy (non-hydrogen) atoms. The van der Waals surface area contributed by atoms with Crippen LogP contribution in [0.5, 0.6) is 5.75 Å². The second-order valence-corrected chi connectivity index (χ2v) is 4.78. The van der Waals surface area contributed by atoms with Gasteiger partial charge in [0.1, 0.15) is 11.6 Å². The molecule has 0 aliphatic rings. The molecule has 0 aliphatic carbocycles. The minimum atomic E-state index is -0.363. The monoisotopic (exact) mass is 283 g/mol. The van der Waals surface area contributed by atoms with Crippen molar-refractivity contribution in [1.29, 1.82) is 0 Å². The summed E-state index contributed by atoms with van der Waals surface area (Å²) >= 11 is 0. The SMILES string of the molecule is COc1cccc2[nH]cc(C(=O)Cc3ccccc3F)c12. The molecule has 0 radical (unpaired) electrons. The first-order valence-electron chi connectivity index (χ1n) is 6.61. The van der Waals surface area contributed by atoms with Crippen LogP contribution in [-0.2, 0) is 6.42 Å². The molecule has 106 valence electrons. The van der Waals surface area contributed by atoms with E-state index in [9.17, 15) is 9.18 Å². The molecule has 0 fully saturated rings. The van der Waals surface area contributed by atoms with Crippen LogP contribution in [0.25, 0.3) is 10.9 Å². The van der Waals surface area contributed by atoms with Crippen molar-refractivity contribution in [1.82, 2.24) is 4.98 Å². The maximum Gasteiger partial charge on any atom is 0.169 e. The number of aromatic nitrogens is 1. The third-order valence-corrected chi connectivity index (χ3v) is 3.50. The number of nitrogens with one attached hydrogen (secondary N) is 1. The van der Waals surface area contributed by atoms with Gasteiger partial charge in [-0.05, 0) is 23.8 Å². The summed E-state index contributed by atoms with van der Waals surface area (Å²) in [7, 11) is 1.56. The predicted molar refractivity (Wildman–Crippen MR) is 79.3 cm³/mol. The van der Waals surface area contributed by atoms with Gasteiger partial charge in [0.25, 0.3) is 0 Å². The fraction of sp³-hybridized carbons (Fsp3) is 0.118. The van der Waals surface area contributed by atoms with Crippen molar-refractivity contribution in [2.75, 3.05) is 7.11 Å². The first-order chi connectivity index (χ1) is 10.2. The number of carbonyl (C=O) groups excluding carboxylic acids is 1. The Labute approximate surface area is 121 Å². The van der Waals surface area contributed by atoms with Crippen LogP contribution in [0.15, 0.2) is 48.7 Å². The molecule has 1 aromatic heterocycles. The lowest BCUT2D eigenvalue weighted by Gasteiger charge is -2.05. The van der Waals surface area contributed by atoms with Gasteiger partial charge in [0.2, 0.25) is 0 Å². The third kappa shape index (κ3) is 2.40. The van der Waals surface area contributed by atoms with Crippen molar-refractivity contribution >= 4 is 16.7 Å². The first kappa shape index (κ1) is 13.4. The van der Waals surface area contributed by atoms with E-state index in [1.807, 2.05) is 12.1 Å². The number of H-pyrrole nitrogens is 1. The number of ether oxygens (including phenoxy) is 1. The minimum Gasteiger partial charge on any atom is -0.496 e. The quantitative estimate of drug-likeness (QED) is 0.741. The lowest BCUT2D eigenvalue weighted by atomic mass is 10.0. The fourth-order valence-corrected chi connectivity index (χ4v) is 2.45. The van der Waals surface area contributed by atoms with E-state index in [0.29, 0.717) is 16.9 Å². The Balaban J connectivity index is 2.01. The van der Waals surface area contributed by atoms with Crippen LogP contribution in [0.4, 0.5) is 4.39 Å². The van der Waals surface area contributed by atoms with E-state index in [1.54, 1.807) is 37.6 Å². The average molecular weight is 283 g/mol. The van der Waals surface area contributed by atoms with Crippen LogP contribution in [0.2, 0.25) is 0 Å². The Morgan fingerprint density at radius 2 is 2.00 bits per heavy atom. The number of aromatic amines is 1. The average Bonchev–Trinajstić information content (AvgIpc) is 2.93. The van der Waals surface area contributed by atoms with Crippen LogP contribution in [0, 0.1) is 5.82 Å². The van der Waals surface area contributed by atoms with Crippen molar-refractivity contribution in [3.05, 3.63) is 65.6 Å². The highest BCUT2D eigenvalue weighted by Gasteiger charge is 2.17. The molecule has 3 aromatic rings. The fourth-order valence-electron chi connectivity index (χ4n) is 2.45. The third-order valence-electron chi connectivity index (χ3n) is 3.50.